The van der Waals surface area contributed by atoms with Gasteiger partial charge in [-0.05, 0) is 49.7 Å². The van der Waals surface area contributed by atoms with Crippen LogP contribution in [0.2, 0.25) is 5.02 Å². The van der Waals surface area contributed by atoms with Crippen LogP contribution >= 0.6 is 11.6 Å². The highest BCUT2D eigenvalue weighted by molar-refractivity contribution is 6.30. The van der Waals surface area contributed by atoms with Gasteiger partial charge in [-0.25, -0.2) is 4.39 Å². The number of benzene rings is 1. The molecule has 1 saturated heterocycles. The van der Waals surface area contributed by atoms with Crippen LogP contribution in [0.25, 0.3) is 0 Å². The van der Waals surface area contributed by atoms with Gasteiger partial charge in [-0.2, -0.15) is 0 Å². The summed E-state index contributed by atoms with van der Waals surface area (Å²) < 4.78 is 13.4. The first-order valence-electron chi connectivity index (χ1n) is 6.07. The topological polar surface area (TPSA) is 29.3 Å². The van der Waals surface area contributed by atoms with E-state index in [0.717, 1.165) is 31.5 Å². The molecule has 2 N–H and O–H groups in total. The maximum Gasteiger partial charge on any atom is 0.125 e. The van der Waals surface area contributed by atoms with E-state index in [9.17, 15) is 4.39 Å². The maximum absolute atomic E-state index is 13.4. The highest BCUT2D eigenvalue weighted by atomic mass is 35.5. The fraction of sp³-hybridized carbons (Fsp3) is 0.538. The number of rotatable bonds is 2. The predicted molar refractivity (Wildman–Crippen MR) is 68.6 cm³/mol. The molecule has 1 aliphatic rings. The zero-order chi connectivity index (χ0) is 12.4. The summed E-state index contributed by atoms with van der Waals surface area (Å²) in [6.45, 7) is 4.04. The molecule has 4 heteroatoms. The lowest BCUT2D eigenvalue weighted by molar-refractivity contribution is 0.135. The van der Waals surface area contributed by atoms with E-state index in [-0.39, 0.29) is 17.9 Å². The smallest absolute Gasteiger partial charge is 0.125 e. The molecule has 1 aromatic rings. The van der Waals surface area contributed by atoms with Gasteiger partial charge in [0.15, 0.2) is 0 Å². The largest absolute Gasteiger partial charge is 0.326 e. The first-order valence-corrected chi connectivity index (χ1v) is 6.45. The Morgan fingerprint density at radius 3 is 2.88 bits per heavy atom. The number of piperidine rings is 1. The molecule has 2 rings (SSSR count). The van der Waals surface area contributed by atoms with Gasteiger partial charge in [0, 0.05) is 11.1 Å². The molecule has 0 amide bonds. The third-order valence-electron chi connectivity index (χ3n) is 3.41. The number of likely N-dealkylation sites (tertiary alicyclic amines) is 1. The number of hydrogen-bond donors (Lipinski definition) is 1. The van der Waals surface area contributed by atoms with Crippen LogP contribution in [0, 0.1) is 5.82 Å². The number of hydrogen-bond acceptors (Lipinski definition) is 2. The summed E-state index contributed by atoms with van der Waals surface area (Å²) in [7, 11) is 0. The maximum atomic E-state index is 13.4. The summed E-state index contributed by atoms with van der Waals surface area (Å²) in [6, 6.07) is 4.84. The molecule has 2 nitrogen and oxygen atoms in total. The van der Waals surface area contributed by atoms with Crippen LogP contribution in [0.5, 0.6) is 0 Å². The molecule has 1 heterocycles. The summed E-state index contributed by atoms with van der Waals surface area (Å²) in [6.07, 6.45) is 2.09. The molecular weight excluding hydrogens is 239 g/mol. The van der Waals surface area contributed by atoms with Crippen LogP contribution in [-0.4, -0.2) is 24.0 Å². The van der Waals surface area contributed by atoms with Crippen LogP contribution in [-0.2, 0) is 0 Å². The fourth-order valence-electron chi connectivity index (χ4n) is 2.66. The van der Waals surface area contributed by atoms with E-state index in [4.69, 9.17) is 17.3 Å². The summed E-state index contributed by atoms with van der Waals surface area (Å²) >= 11 is 5.91. The van der Waals surface area contributed by atoms with Crippen LogP contribution in [0.3, 0.4) is 0 Å². The third-order valence-corrected chi connectivity index (χ3v) is 3.63. The molecule has 1 fully saturated rings. The molecule has 17 heavy (non-hydrogen) atoms. The summed E-state index contributed by atoms with van der Waals surface area (Å²) in [5.74, 6) is -0.290. The second-order valence-corrected chi connectivity index (χ2v) is 5.02. The van der Waals surface area contributed by atoms with Crippen molar-refractivity contribution < 1.29 is 4.39 Å². The van der Waals surface area contributed by atoms with Crippen LogP contribution < -0.4 is 5.73 Å². The molecule has 0 bridgehead atoms. The van der Waals surface area contributed by atoms with E-state index in [1.165, 1.54) is 6.07 Å². The zero-order valence-corrected chi connectivity index (χ0v) is 10.8. The minimum atomic E-state index is -0.290. The summed E-state index contributed by atoms with van der Waals surface area (Å²) in [4.78, 5) is 2.29. The number of likely N-dealkylation sites (N-methyl/N-ethyl adjacent to an activating group) is 1. The van der Waals surface area contributed by atoms with Gasteiger partial charge in [-0.3, -0.25) is 4.90 Å². The lowest BCUT2D eigenvalue weighted by Crippen LogP contribution is -2.45. The minimum Gasteiger partial charge on any atom is -0.326 e. The first-order chi connectivity index (χ1) is 8.11. The van der Waals surface area contributed by atoms with E-state index in [1.807, 2.05) is 6.07 Å². The third kappa shape index (κ3) is 2.79. The van der Waals surface area contributed by atoms with E-state index < -0.39 is 0 Å². The molecule has 94 valence electrons. The lowest BCUT2D eigenvalue weighted by Gasteiger charge is -2.39. The molecule has 0 saturated carbocycles. The average Bonchev–Trinajstić information content (AvgIpc) is 2.27. The Morgan fingerprint density at radius 2 is 2.24 bits per heavy atom. The molecule has 0 radical (unpaired) electrons. The van der Waals surface area contributed by atoms with Gasteiger partial charge in [0.05, 0.1) is 6.04 Å². The van der Waals surface area contributed by atoms with Crippen molar-refractivity contribution in [2.45, 2.75) is 31.8 Å². The van der Waals surface area contributed by atoms with Gasteiger partial charge in [-0.15, -0.1) is 0 Å². The van der Waals surface area contributed by atoms with Crippen molar-refractivity contribution in [1.29, 1.82) is 0 Å². The summed E-state index contributed by atoms with van der Waals surface area (Å²) in [5.41, 5.74) is 7.06. The Bertz CT molecular complexity index is 377. The Hall–Kier alpha value is -0.640. The monoisotopic (exact) mass is 256 g/mol. The number of halogens is 2. The Kier molecular flexibility index (Phi) is 4.02. The van der Waals surface area contributed by atoms with E-state index >= 15 is 0 Å². The van der Waals surface area contributed by atoms with E-state index in [2.05, 4.69) is 11.8 Å². The summed E-state index contributed by atoms with van der Waals surface area (Å²) in [5, 5.41) is 0.439. The Labute approximate surface area is 107 Å². The molecule has 0 aliphatic carbocycles. The predicted octanol–water partition coefficient (Wildman–Crippen LogP) is 2.96. The van der Waals surface area contributed by atoms with Gasteiger partial charge in [-0.1, -0.05) is 18.5 Å². The van der Waals surface area contributed by atoms with E-state index in [1.54, 1.807) is 6.07 Å². The first kappa shape index (κ1) is 12.8. The molecular formula is C13H18ClFN2. The zero-order valence-electron chi connectivity index (χ0n) is 10.00. The molecule has 2 unspecified atom stereocenters. The van der Waals surface area contributed by atoms with Gasteiger partial charge in [0.25, 0.3) is 0 Å². The van der Waals surface area contributed by atoms with Crippen molar-refractivity contribution in [3.63, 3.8) is 0 Å². The second-order valence-electron chi connectivity index (χ2n) is 4.58. The van der Waals surface area contributed by atoms with Crippen molar-refractivity contribution in [2.75, 3.05) is 13.1 Å². The Morgan fingerprint density at radius 1 is 1.47 bits per heavy atom. The quantitative estimate of drug-likeness (QED) is 0.882. The Balaban J connectivity index is 2.34. The molecule has 0 spiro atoms. The van der Waals surface area contributed by atoms with Gasteiger partial charge in [0.1, 0.15) is 5.82 Å². The minimum absolute atomic E-state index is 0.0570. The molecule has 2 atom stereocenters. The molecule has 1 aliphatic heterocycles. The van der Waals surface area contributed by atoms with Gasteiger partial charge < -0.3 is 5.73 Å². The average molecular weight is 257 g/mol. The lowest BCUT2D eigenvalue weighted by atomic mass is 9.91. The van der Waals surface area contributed by atoms with Crippen molar-refractivity contribution in [2.24, 2.45) is 5.73 Å². The van der Waals surface area contributed by atoms with Gasteiger partial charge in [0.2, 0.25) is 0 Å². The van der Waals surface area contributed by atoms with Crippen LogP contribution in [0.15, 0.2) is 18.2 Å². The number of nitrogens with two attached hydrogens (primary N) is 1. The van der Waals surface area contributed by atoms with Gasteiger partial charge >= 0.3 is 0 Å². The second kappa shape index (κ2) is 5.34. The highest BCUT2D eigenvalue weighted by Gasteiger charge is 2.29. The van der Waals surface area contributed by atoms with Crippen LogP contribution in [0.4, 0.5) is 4.39 Å². The molecule has 1 aromatic carbocycles. The van der Waals surface area contributed by atoms with Crippen molar-refractivity contribution in [1.82, 2.24) is 4.90 Å². The fourth-order valence-corrected chi connectivity index (χ4v) is 2.89. The normalized spacial score (nSPS) is 26.1. The van der Waals surface area contributed by atoms with Crippen molar-refractivity contribution in [3.8, 4) is 0 Å². The standard InChI is InChI=1S/C13H18ClFN2/c1-2-17-5-3-4-12(16)13(17)9-6-10(14)8-11(15)7-9/h6-8,12-13H,2-5,16H2,1H3. The molecule has 0 aromatic heterocycles. The highest BCUT2D eigenvalue weighted by Crippen LogP contribution is 2.31. The number of nitrogens with zero attached hydrogens (tertiary/aromatic N) is 1. The van der Waals surface area contributed by atoms with Crippen LogP contribution in [0.1, 0.15) is 31.4 Å². The SMILES string of the molecule is CCN1CCCC(N)C1c1cc(F)cc(Cl)c1. The van der Waals surface area contributed by atoms with Crippen molar-refractivity contribution >= 4 is 11.6 Å². The van der Waals surface area contributed by atoms with E-state index in [0.29, 0.717) is 5.02 Å². The van der Waals surface area contributed by atoms with Crippen molar-refractivity contribution in [3.05, 3.63) is 34.6 Å².